The Morgan fingerprint density at radius 1 is 1.24 bits per heavy atom. The largest absolute Gasteiger partial charge is 0.392 e. The summed E-state index contributed by atoms with van der Waals surface area (Å²) in [5.41, 5.74) is 1.42. The topological polar surface area (TPSA) is 20.2 Å². The molecule has 0 radical (unpaired) electrons. The summed E-state index contributed by atoms with van der Waals surface area (Å²) < 4.78 is 0. The molecule has 0 heterocycles. The Morgan fingerprint density at radius 3 is 2.41 bits per heavy atom. The van der Waals surface area contributed by atoms with Crippen LogP contribution in [-0.2, 0) is 5.41 Å². The van der Waals surface area contributed by atoms with Crippen molar-refractivity contribution in [1.82, 2.24) is 0 Å². The van der Waals surface area contributed by atoms with Crippen molar-refractivity contribution < 1.29 is 5.11 Å². The van der Waals surface area contributed by atoms with Gasteiger partial charge in [0, 0.05) is 5.41 Å². The van der Waals surface area contributed by atoms with Crippen molar-refractivity contribution in [2.75, 3.05) is 0 Å². The van der Waals surface area contributed by atoms with Gasteiger partial charge in [0.05, 0.1) is 6.10 Å². The summed E-state index contributed by atoms with van der Waals surface area (Å²) >= 11 is 0. The van der Waals surface area contributed by atoms with Gasteiger partial charge in [-0.2, -0.15) is 0 Å². The molecule has 0 spiro atoms. The van der Waals surface area contributed by atoms with Crippen LogP contribution in [-0.4, -0.2) is 11.2 Å². The van der Waals surface area contributed by atoms with Crippen LogP contribution in [0, 0.1) is 5.92 Å². The lowest BCUT2D eigenvalue weighted by Crippen LogP contribution is -2.27. The maximum absolute atomic E-state index is 10.5. The van der Waals surface area contributed by atoms with Crippen LogP contribution in [0.25, 0.3) is 0 Å². The fourth-order valence-electron chi connectivity index (χ4n) is 2.94. The van der Waals surface area contributed by atoms with Gasteiger partial charge in [0.1, 0.15) is 0 Å². The van der Waals surface area contributed by atoms with E-state index in [0.717, 1.165) is 19.3 Å². The molecule has 94 valence electrons. The minimum atomic E-state index is -0.161. The summed E-state index contributed by atoms with van der Waals surface area (Å²) in [7, 11) is 0. The van der Waals surface area contributed by atoms with Crippen molar-refractivity contribution in [3.8, 4) is 0 Å². The zero-order chi connectivity index (χ0) is 12.3. The van der Waals surface area contributed by atoms with Gasteiger partial charge in [-0.15, -0.1) is 0 Å². The average molecular weight is 232 g/mol. The van der Waals surface area contributed by atoms with E-state index >= 15 is 0 Å². The molecular formula is C16H24O. The van der Waals surface area contributed by atoms with E-state index in [1.165, 1.54) is 18.4 Å². The molecule has 2 rings (SSSR count). The molecule has 17 heavy (non-hydrogen) atoms. The monoisotopic (exact) mass is 232 g/mol. The van der Waals surface area contributed by atoms with E-state index < -0.39 is 0 Å². The molecule has 1 aromatic rings. The van der Waals surface area contributed by atoms with Gasteiger partial charge < -0.3 is 5.11 Å². The zero-order valence-electron chi connectivity index (χ0n) is 11.0. The van der Waals surface area contributed by atoms with Crippen LogP contribution in [0.3, 0.4) is 0 Å². The van der Waals surface area contributed by atoms with Crippen LogP contribution in [0.5, 0.6) is 0 Å². The Bertz CT molecular complexity index is 340. The van der Waals surface area contributed by atoms with Crippen molar-refractivity contribution >= 4 is 0 Å². The van der Waals surface area contributed by atoms with Crippen LogP contribution < -0.4 is 0 Å². The fourth-order valence-corrected chi connectivity index (χ4v) is 2.94. The summed E-state index contributed by atoms with van der Waals surface area (Å²) in [5.74, 6) is 0.635. The number of rotatable bonds is 6. The number of hydrogen-bond acceptors (Lipinski definition) is 1. The lowest BCUT2D eigenvalue weighted by atomic mass is 9.84. The number of aliphatic hydroxyl groups excluding tert-OH is 1. The van der Waals surface area contributed by atoms with Crippen molar-refractivity contribution in [1.29, 1.82) is 0 Å². The van der Waals surface area contributed by atoms with E-state index in [9.17, 15) is 5.11 Å². The molecule has 1 aliphatic rings. The highest BCUT2D eigenvalue weighted by Gasteiger charge is 2.50. The molecule has 1 N–H and O–H groups in total. The molecule has 1 heteroatoms. The van der Waals surface area contributed by atoms with E-state index in [1.807, 2.05) is 6.07 Å². The molecule has 2 unspecified atom stereocenters. The standard InChI is InChI=1S/C16H24O/c1-3-7-13(2)12-15(17)16(10-11-16)14-8-5-4-6-9-14/h4-6,8-9,13,15,17H,3,7,10-12H2,1-2H3. The first-order valence-electron chi connectivity index (χ1n) is 6.92. The first kappa shape index (κ1) is 12.6. The Labute approximate surface area is 105 Å². The lowest BCUT2D eigenvalue weighted by molar-refractivity contribution is 0.104. The van der Waals surface area contributed by atoms with E-state index in [0.29, 0.717) is 5.92 Å². The predicted octanol–water partition coefficient (Wildman–Crippen LogP) is 3.91. The second kappa shape index (κ2) is 5.22. The third kappa shape index (κ3) is 2.71. The molecule has 2 atom stereocenters. The number of benzene rings is 1. The number of hydrogen-bond donors (Lipinski definition) is 1. The van der Waals surface area contributed by atoms with Crippen molar-refractivity contribution in [3.05, 3.63) is 35.9 Å². The van der Waals surface area contributed by atoms with Gasteiger partial charge in [-0.25, -0.2) is 0 Å². The predicted molar refractivity (Wildman–Crippen MR) is 72.0 cm³/mol. The Morgan fingerprint density at radius 2 is 1.88 bits per heavy atom. The van der Waals surface area contributed by atoms with Gasteiger partial charge in [0.25, 0.3) is 0 Å². The summed E-state index contributed by atoms with van der Waals surface area (Å²) in [6.45, 7) is 4.47. The quantitative estimate of drug-likeness (QED) is 0.788. The first-order valence-corrected chi connectivity index (χ1v) is 6.92. The molecule has 0 saturated heterocycles. The van der Waals surface area contributed by atoms with Gasteiger partial charge in [-0.1, -0.05) is 57.0 Å². The Kier molecular flexibility index (Phi) is 3.88. The maximum atomic E-state index is 10.5. The van der Waals surface area contributed by atoms with Crippen LogP contribution in [0.2, 0.25) is 0 Å². The van der Waals surface area contributed by atoms with Crippen molar-refractivity contribution in [2.45, 2.75) is 57.5 Å². The maximum Gasteiger partial charge on any atom is 0.0639 e. The summed E-state index contributed by atoms with van der Waals surface area (Å²) in [6.07, 6.45) is 5.52. The van der Waals surface area contributed by atoms with Crippen molar-refractivity contribution in [2.24, 2.45) is 5.92 Å². The summed E-state index contributed by atoms with van der Waals surface area (Å²) in [6, 6.07) is 10.5. The zero-order valence-corrected chi connectivity index (χ0v) is 11.0. The van der Waals surface area contributed by atoms with E-state index in [2.05, 4.69) is 38.1 Å². The minimum Gasteiger partial charge on any atom is -0.392 e. The van der Waals surface area contributed by atoms with E-state index in [4.69, 9.17) is 0 Å². The van der Waals surface area contributed by atoms with Crippen molar-refractivity contribution in [3.63, 3.8) is 0 Å². The highest BCUT2D eigenvalue weighted by Crippen LogP contribution is 2.52. The molecule has 0 amide bonds. The Hall–Kier alpha value is -0.820. The average Bonchev–Trinajstić information content (AvgIpc) is 3.11. The van der Waals surface area contributed by atoms with Gasteiger partial charge in [-0.3, -0.25) is 0 Å². The van der Waals surface area contributed by atoms with Gasteiger partial charge in [-0.05, 0) is 30.7 Å². The smallest absolute Gasteiger partial charge is 0.0639 e. The summed E-state index contributed by atoms with van der Waals surface area (Å²) in [5, 5.41) is 10.5. The normalized spacial score (nSPS) is 20.9. The fraction of sp³-hybridized carbons (Fsp3) is 0.625. The van der Waals surface area contributed by atoms with Crippen LogP contribution >= 0.6 is 0 Å². The molecule has 1 aromatic carbocycles. The highest BCUT2D eigenvalue weighted by atomic mass is 16.3. The molecule has 1 nitrogen and oxygen atoms in total. The van der Waals surface area contributed by atoms with E-state index in [1.54, 1.807) is 0 Å². The van der Waals surface area contributed by atoms with Crippen LogP contribution in [0.4, 0.5) is 0 Å². The first-order chi connectivity index (χ1) is 8.19. The molecule has 1 saturated carbocycles. The van der Waals surface area contributed by atoms with Gasteiger partial charge in [0.2, 0.25) is 0 Å². The summed E-state index contributed by atoms with van der Waals surface area (Å²) in [4.78, 5) is 0. The van der Waals surface area contributed by atoms with Gasteiger partial charge >= 0.3 is 0 Å². The van der Waals surface area contributed by atoms with Crippen LogP contribution in [0.1, 0.15) is 51.5 Å². The molecular weight excluding hydrogens is 208 g/mol. The molecule has 0 aromatic heterocycles. The minimum absolute atomic E-state index is 0.0866. The molecule has 0 aliphatic heterocycles. The highest BCUT2D eigenvalue weighted by molar-refractivity contribution is 5.32. The Balaban J connectivity index is 2.02. The third-order valence-electron chi connectivity index (χ3n) is 4.18. The second-order valence-corrected chi connectivity index (χ2v) is 5.67. The van der Waals surface area contributed by atoms with Crippen LogP contribution in [0.15, 0.2) is 30.3 Å². The SMILES string of the molecule is CCCC(C)CC(O)C1(c2ccccc2)CC1. The second-order valence-electron chi connectivity index (χ2n) is 5.67. The molecule has 1 fully saturated rings. The third-order valence-corrected chi connectivity index (χ3v) is 4.18. The number of aliphatic hydroxyl groups is 1. The lowest BCUT2D eigenvalue weighted by Gasteiger charge is -2.25. The molecule has 1 aliphatic carbocycles. The van der Waals surface area contributed by atoms with Gasteiger partial charge in [0.15, 0.2) is 0 Å². The van der Waals surface area contributed by atoms with E-state index in [-0.39, 0.29) is 11.5 Å². The molecule has 0 bridgehead atoms.